The molecule has 35 heavy (non-hydrogen) atoms. The molecule has 1 heterocycles. The summed E-state index contributed by atoms with van der Waals surface area (Å²) < 4.78 is 5.98. The summed E-state index contributed by atoms with van der Waals surface area (Å²) in [6.07, 6.45) is 13.1. The zero-order chi connectivity index (χ0) is 24.5. The Morgan fingerprint density at radius 1 is 0.800 bits per heavy atom. The number of nitrogens with zero attached hydrogens (tertiary/aromatic N) is 2. The molecule has 0 saturated heterocycles. The number of hydrogen-bond acceptors (Lipinski definition) is 5. The lowest BCUT2D eigenvalue weighted by Crippen LogP contribution is -2.46. The molecule has 2 N–H and O–H groups in total. The van der Waals surface area contributed by atoms with Gasteiger partial charge in [-0.05, 0) is 53.6 Å². The van der Waals surface area contributed by atoms with Crippen molar-refractivity contribution in [2.45, 2.75) is 71.1 Å². The van der Waals surface area contributed by atoms with Gasteiger partial charge in [0, 0.05) is 5.56 Å². The number of hydrazine groups is 2. The van der Waals surface area contributed by atoms with E-state index in [0.717, 1.165) is 34.7 Å². The van der Waals surface area contributed by atoms with Crippen LogP contribution in [0.15, 0.2) is 60.7 Å². The van der Waals surface area contributed by atoms with Crippen molar-refractivity contribution >= 4 is 28.1 Å². The van der Waals surface area contributed by atoms with Crippen LogP contribution in [0, 0.1) is 0 Å². The number of hydrogen-bond donors (Lipinski definition) is 2. The second-order valence-electron chi connectivity index (χ2n) is 9.30. The van der Waals surface area contributed by atoms with Gasteiger partial charge in [0.1, 0.15) is 11.4 Å². The predicted molar refractivity (Wildman–Crippen MR) is 142 cm³/mol. The molecule has 6 heteroatoms. The zero-order valence-corrected chi connectivity index (χ0v) is 20.7. The van der Waals surface area contributed by atoms with Gasteiger partial charge >= 0.3 is 0 Å². The van der Waals surface area contributed by atoms with E-state index in [1.165, 1.54) is 62.8 Å². The smallest absolute Gasteiger partial charge is 0.274 e. The average Bonchev–Trinajstić information content (AvgIpc) is 3.23. The van der Waals surface area contributed by atoms with Crippen LogP contribution in [-0.2, 0) is 0 Å². The number of anilines is 2. The lowest BCUT2D eigenvalue weighted by Gasteiger charge is -2.17. The Bertz CT molecular complexity index is 1120. The Balaban J connectivity index is 1.24. The lowest BCUT2D eigenvalue weighted by molar-refractivity contribution is 0.0957. The van der Waals surface area contributed by atoms with Crippen LogP contribution < -0.4 is 20.5 Å². The molecule has 3 aromatic carbocycles. The van der Waals surface area contributed by atoms with Crippen LogP contribution in [0.2, 0.25) is 0 Å². The topological polar surface area (TPSA) is 65.0 Å². The Morgan fingerprint density at radius 2 is 1.43 bits per heavy atom. The first-order chi connectivity index (χ1) is 17.2. The van der Waals surface area contributed by atoms with Crippen LogP contribution in [-0.4, -0.2) is 17.7 Å². The third-order valence-electron chi connectivity index (χ3n) is 6.57. The molecule has 1 aliphatic heterocycles. The van der Waals surface area contributed by atoms with Crippen molar-refractivity contribution in [1.82, 2.24) is 5.53 Å². The molecule has 0 aromatic heterocycles. The third kappa shape index (κ3) is 6.53. The Labute approximate surface area is 208 Å². The van der Waals surface area contributed by atoms with E-state index < -0.39 is 0 Å². The monoisotopic (exact) mass is 475 g/mol. The molecule has 0 bridgehead atoms. The van der Waals surface area contributed by atoms with Crippen LogP contribution in [0.4, 0.5) is 11.4 Å². The molecule has 0 fully saturated rings. The number of nitrogens with one attached hydrogen (secondary N) is 1. The van der Waals surface area contributed by atoms with E-state index in [2.05, 4.69) is 12.5 Å². The van der Waals surface area contributed by atoms with Crippen LogP contribution in [0.1, 0.15) is 81.5 Å². The number of carbonyl (C=O) groups excluding carboxylic acids is 1. The highest BCUT2D eigenvalue weighted by atomic mass is 16.6. The molecular weight excluding hydrogens is 438 g/mol. The van der Waals surface area contributed by atoms with Crippen molar-refractivity contribution in [2.24, 2.45) is 0 Å². The quantitative estimate of drug-likeness (QED) is 0.252. The van der Waals surface area contributed by atoms with Gasteiger partial charge in [0.25, 0.3) is 5.91 Å². The molecule has 186 valence electrons. The van der Waals surface area contributed by atoms with Gasteiger partial charge in [-0.1, -0.05) is 89.0 Å². The van der Waals surface area contributed by atoms with Crippen molar-refractivity contribution in [3.05, 3.63) is 66.2 Å². The van der Waals surface area contributed by atoms with Gasteiger partial charge in [0.05, 0.1) is 12.3 Å². The van der Waals surface area contributed by atoms with E-state index in [1.807, 2.05) is 42.5 Å². The van der Waals surface area contributed by atoms with Gasteiger partial charge in [-0.15, -0.1) is 5.53 Å². The molecule has 0 radical (unpaired) electrons. The van der Waals surface area contributed by atoms with Crippen molar-refractivity contribution in [3.63, 3.8) is 0 Å². The molecule has 0 aliphatic carbocycles. The van der Waals surface area contributed by atoms with E-state index >= 15 is 0 Å². The maximum atomic E-state index is 13.1. The maximum absolute atomic E-state index is 13.1. The van der Waals surface area contributed by atoms with Crippen molar-refractivity contribution in [2.75, 3.05) is 16.8 Å². The number of ether oxygens (including phenoxy) is 1. The number of fused-ring (bicyclic) bond motifs is 2. The summed E-state index contributed by atoms with van der Waals surface area (Å²) in [7, 11) is 0. The van der Waals surface area contributed by atoms with E-state index in [0.29, 0.717) is 16.9 Å². The second-order valence-corrected chi connectivity index (χ2v) is 9.30. The number of para-hydroxylation sites is 2. The molecule has 0 spiro atoms. The van der Waals surface area contributed by atoms with E-state index in [-0.39, 0.29) is 5.91 Å². The van der Waals surface area contributed by atoms with Crippen LogP contribution in [0.5, 0.6) is 5.75 Å². The lowest BCUT2D eigenvalue weighted by atomic mass is 10.1. The van der Waals surface area contributed by atoms with Crippen LogP contribution in [0.3, 0.4) is 0 Å². The summed E-state index contributed by atoms with van der Waals surface area (Å²) in [5.74, 6) is 0.621. The first-order valence-corrected chi connectivity index (χ1v) is 13.0. The molecule has 4 rings (SSSR count). The first kappa shape index (κ1) is 25.0. The number of rotatable bonds is 13. The first-order valence-electron chi connectivity index (χ1n) is 13.0. The van der Waals surface area contributed by atoms with E-state index in [1.54, 1.807) is 18.2 Å². The Kier molecular flexibility index (Phi) is 8.98. The molecule has 6 nitrogen and oxygen atoms in total. The van der Waals surface area contributed by atoms with Crippen molar-refractivity contribution in [3.8, 4) is 5.75 Å². The SMILES string of the molecule is CCCCCCCCCCCCOc1ccc2cc(C(=O)N3NN(O)c4ccccc43)ccc2c1. The average molecular weight is 476 g/mol. The summed E-state index contributed by atoms with van der Waals surface area (Å²) >= 11 is 0. The minimum absolute atomic E-state index is 0.239. The van der Waals surface area contributed by atoms with Gasteiger partial charge in [-0.3, -0.25) is 10.0 Å². The third-order valence-corrected chi connectivity index (χ3v) is 6.57. The fraction of sp³-hybridized carbons (Fsp3) is 0.414. The van der Waals surface area contributed by atoms with E-state index in [4.69, 9.17) is 4.74 Å². The molecule has 1 amide bonds. The minimum Gasteiger partial charge on any atom is -0.494 e. The van der Waals surface area contributed by atoms with Gasteiger partial charge in [-0.2, -0.15) is 5.17 Å². The van der Waals surface area contributed by atoms with Crippen LogP contribution in [0.25, 0.3) is 10.8 Å². The molecular formula is C29H37N3O3. The second kappa shape index (κ2) is 12.6. The maximum Gasteiger partial charge on any atom is 0.274 e. The normalized spacial score (nSPS) is 12.9. The number of benzene rings is 3. The number of amides is 1. The largest absolute Gasteiger partial charge is 0.494 e. The van der Waals surface area contributed by atoms with Crippen LogP contribution >= 0.6 is 0 Å². The Hall–Kier alpha value is -3.09. The zero-order valence-electron chi connectivity index (χ0n) is 20.7. The summed E-state index contributed by atoms with van der Waals surface area (Å²) in [4.78, 5) is 13.1. The van der Waals surface area contributed by atoms with Gasteiger partial charge < -0.3 is 4.74 Å². The predicted octanol–water partition coefficient (Wildman–Crippen LogP) is 7.42. The fourth-order valence-electron chi connectivity index (χ4n) is 4.54. The van der Waals surface area contributed by atoms with E-state index in [9.17, 15) is 10.0 Å². The highest BCUT2D eigenvalue weighted by Gasteiger charge is 2.30. The molecule has 3 aromatic rings. The standard InChI is InChI=1S/C29H37N3O3/c1-2-3-4-5-6-7-8-9-10-13-20-35-26-19-18-23-21-25(17-16-24(23)22-26)29(33)31-27-14-11-12-15-28(27)32(34)30-31/h11-12,14-19,21-22,30,34H,2-10,13,20H2,1H3. The van der Waals surface area contributed by atoms with Gasteiger partial charge in [-0.25, -0.2) is 5.01 Å². The van der Waals surface area contributed by atoms with Crippen molar-refractivity contribution < 1.29 is 14.7 Å². The summed E-state index contributed by atoms with van der Waals surface area (Å²) in [5, 5.41) is 14.2. The number of unbranched alkanes of at least 4 members (excludes halogenated alkanes) is 9. The highest BCUT2D eigenvalue weighted by molar-refractivity contribution is 6.10. The van der Waals surface area contributed by atoms with Gasteiger partial charge in [0.2, 0.25) is 0 Å². The molecule has 0 unspecified atom stereocenters. The summed E-state index contributed by atoms with van der Waals surface area (Å²) in [6, 6.07) is 18.8. The minimum atomic E-state index is -0.239. The molecule has 1 aliphatic rings. The highest BCUT2D eigenvalue weighted by Crippen LogP contribution is 2.33. The summed E-state index contributed by atoms with van der Waals surface area (Å²) in [5.41, 5.74) is 4.36. The molecule has 0 atom stereocenters. The number of carbonyl (C=O) groups is 1. The molecule has 0 saturated carbocycles. The summed E-state index contributed by atoms with van der Waals surface area (Å²) in [6.45, 7) is 2.99. The van der Waals surface area contributed by atoms with Crippen molar-refractivity contribution in [1.29, 1.82) is 0 Å². The van der Waals surface area contributed by atoms with Gasteiger partial charge in [0.15, 0.2) is 0 Å². The Morgan fingerprint density at radius 3 is 2.17 bits per heavy atom. The fourth-order valence-corrected chi connectivity index (χ4v) is 4.54.